The largest absolute Gasteiger partial charge is 0.390 e. The number of primary amides is 1. The van der Waals surface area contributed by atoms with Crippen LogP contribution in [0.3, 0.4) is 0 Å². The van der Waals surface area contributed by atoms with Gasteiger partial charge in [-0.15, -0.1) is 0 Å². The topological polar surface area (TPSA) is 95.6 Å². The molecule has 0 aliphatic heterocycles. The molecule has 5 heteroatoms. The van der Waals surface area contributed by atoms with E-state index in [9.17, 15) is 15.0 Å². The number of aliphatic hydroxyl groups excluding tert-OH is 2. The molecule has 1 unspecified atom stereocenters. The zero-order valence-electron chi connectivity index (χ0n) is 11.5. The lowest BCUT2D eigenvalue weighted by Gasteiger charge is -2.16. The lowest BCUT2D eigenvalue weighted by atomic mass is 10.1. The molecule has 110 valence electrons. The maximum atomic E-state index is 11.1. The number of amides is 1. The molecule has 3 atom stereocenters. The van der Waals surface area contributed by atoms with Crippen LogP contribution in [0.2, 0.25) is 0 Å². The Morgan fingerprint density at radius 2 is 1.85 bits per heavy atom. The molecular formula is C15H22N2O3. The van der Waals surface area contributed by atoms with Gasteiger partial charge in [-0.2, -0.15) is 0 Å². The van der Waals surface area contributed by atoms with E-state index in [1.54, 1.807) is 12.1 Å². The molecule has 5 N–H and O–H groups in total. The molecule has 0 spiro atoms. The quantitative estimate of drug-likeness (QED) is 0.604. The predicted octanol–water partition coefficient (Wildman–Crippen LogP) is 0.539. The van der Waals surface area contributed by atoms with Crippen LogP contribution in [0, 0.1) is 0 Å². The minimum absolute atomic E-state index is 0.277. The zero-order valence-corrected chi connectivity index (χ0v) is 11.5. The van der Waals surface area contributed by atoms with E-state index in [1.807, 2.05) is 12.1 Å². The Morgan fingerprint density at radius 1 is 1.20 bits per heavy atom. The van der Waals surface area contributed by atoms with Crippen molar-refractivity contribution in [3.63, 3.8) is 0 Å². The average molecular weight is 278 g/mol. The number of benzene rings is 1. The van der Waals surface area contributed by atoms with E-state index < -0.39 is 18.1 Å². The summed E-state index contributed by atoms with van der Waals surface area (Å²) in [5, 5.41) is 22.7. The number of carbonyl (C=O) groups excluding carboxylic acids is 1. The van der Waals surface area contributed by atoms with Gasteiger partial charge in [0, 0.05) is 18.2 Å². The molecule has 1 fully saturated rings. The maximum Gasteiger partial charge on any atom is 0.248 e. The fourth-order valence-corrected chi connectivity index (χ4v) is 2.57. The van der Waals surface area contributed by atoms with Gasteiger partial charge >= 0.3 is 0 Å². The van der Waals surface area contributed by atoms with E-state index in [2.05, 4.69) is 5.32 Å². The standard InChI is InChI=1S/C15H22N2O3/c16-15(20)11-3-1-2-10(8-11)9-17-12-4-6-13(18)14(19)7-5-12/h1-3,8,12-14,17-19H,4-7,9H2,(H2,16,20)/t12?,13-,14+. The van der Waals surface area contributed by atoms with Crippen LogP contribution >= 0.6 is 0 Å². The monoisotopic (exact) mass is 278 g/mol. The SMILES string of the molecule is NC(=O)c1cccc(CNC2CC[C@@H](O)[C@@H](O)CC2)c1. The summed E-state index contributed by atoms with van der Waals surface area (Å²) in [5.41, 5.74) is 6.77. The molecule has 1 aliphatic rings. The molecule has 1 aromatic rings. The lowest BCUT2D eigenvalue weighted by molar-refractivity contribution is 0.0157. The Labute approximate surface area is 118 Å². The van der Waals surface area contributed by atoms with Crippen LogP contribution < -0.4 is 11.1 Å². The van der Waals surface area contributed by atoms with Gasteiger partial charge in [0.25, 0.3) is 0 Å². The lowest BCUT2D eigenvalue weighted by Crippen LogP contribution is -2.28. The Morgan fingerprint density at radius 3 is 2.45 bits per heavy atom. The first-order valence-corrected chi connectivity index (χ1v) is 7.04. The summed E-state index contributed by atoms with van der Waals surface area (Å²) >= 11 is 0. The average Bonchev–Trinajstić information content (AvgIpc) is 2.60. The minimum atomic E-state index is -0.611. The smallest absolute Gasteiger partial charge is 0.248 e. The number of rotatable bonds is 4. The second kappa shape index (κ2) is 6.83. The van der Waals surface area contributed by atoms with Gasteiger partial charge in [-0.25, -0.2) is 0 Å². The minimum Gasteiger partial charge on any atom is -0.390 e. The summed E-state index contributed by atoms with van der Waals surface area (Å²) in [6.07, 6.45) is 1.68. The van der Waals surface area contributed by atoms with Gasteiger partial charge in [0.1, 0.15) is 0 Å². The Kier molecular flexibility index (Phi) is 5.11. The fourth-order valence-electron chi connectivity index (χ4n) is 2.57. The van der Waals surface area contributed by atoms with Crippen LogP contribution in [0.5, 0.6) is 0 Å². The van der Waals surface area contributed by atoms with Crippen molar-refractivity contribution in [1.29, 1.82) is 0 Å². The summed E-state index contributed by atoms with van der Waals surface area (Å²) in [5.74, 6) is -0.424. The highest BCUT2D eigenvalue weighted by Crippen LogP contribution is 2.19. The highest BCUT2D eigenvalue weighted by molar-refractivity contribution is 5.92. The predicted molar refractivity (Wildman–Crippen MR) is 76.1 cm³/mol. The van der Waals surface area contributed by atoms with Crippen molar-refractivity contribution in [3.05, 3.63) is 35.4 Å². The van der Waals surface area contributed by atoms with E-state index in [4.69, 9.17) is 5.73 Å². The summed E-state index contributed by atoms with van der Waals surface area (Å²) in [4.78, 5) is 11.1. The first-order valence-electron chi connectivity index (χ1n) is 7.04. The third kappa shape index (κ3) is 4.03. The molecule has 0 heterocycles. The van der Waals surface area contributed by atoms with Crippen molar-refractivity contribution in [3.8, 4) is 0 Å². The van der Waals surface area contributed by atoms with Crippen LogP contribution in [-0.4, -0.2) is 34.4 Å². The second-order valence-electron chi connectivity index (χ2n) is 5.43. The number of hydrogen-bond donors (Lipinski definition) is 4. The van der Waals surface area contributed by atoms with E-state index in [1.165, 1.54) is 0 Å². The van der Waals surface area contributed by atoms with E-state index in [-0.39, 0.29) is 6.04 Å². The van der Waals surface area contributed by atoms with Crippen molar-refractivity contribution in [2.75, 3.05) is 0 Å². The van der Waals surface area contributed by atoms with Crippen LogP contribution in [-0.2, 0) is 6.54 Å². The molecule has 20 heavy (non-hydrogen) atoms. The number of nitrogens with two attached hydrogens (primary N) is 1. The van der Waals surface area contributed by atoms with Crippen LogP contribution in [0.15, 0.2) is 24.3 Å². The molecule has 1 amide bonds. The number of carbonyl (C=O) groups is 1. The van der Waals surface area contributed by atoms with Crippen LogP contribution in [0.4, 0.5) is 0 Å². The highest BCUT2D eigenvalue weighted by Gasteiger charge is 2.23. The summed E-state index contributed by atoms with van der Waals surface area (Å²) < 4.78 is 0. The van der Waals surface area contributed by atoms with Crippen molar-refractivity contribution >= 4 is 5.91 Å². The van der Waals surface area contributed by atoms with E-state index >= 15 is 0 Å². The molecule has 0 saturated heterocycles. The first-order chi connectivity index (χ1) is 9.56. The zero-order chi connectivity index (χ0) is 14.5. The summed E-state index contributed by atoms with van der Waals surface area (Å²) in [7, 11) is 0. The van der Waals surface area contributed by atoms with Gasteiger partial charge in [-0.3, -0.25) is 4.79 Å². The van der Waals surface area contributed by atoms with E-state index in [0.717, 1.165) is 18.4 Å². The Balaban J connectivity index is 1.88. The third-order valence-corrected chi connectivity index (χ3v) is 3.87. The Hall–Kier alpha value is -1.43. The summed E-state index contributed by atoms with van der Waals surface area (Å²) in [6.45, 7) is 0.651. The summed E-state index contributed by atoms with van der Waals surface area (Å²) in [6, 6.07) is 7.52. The van der Waals surface area contributed by atoms with Crippen molar-refractivity contribution in [1.82, 2.24) is 5.32 Å². The first kappa shape index (κ1) is 15.0. The van der Waals surface area contributed by atoms with Gasteiger partial charge in [0.05, 0.1) is 12.2 Å². The number of aliphatic hydroxyl groups is 2. The molecular weight excluding hydrogens is 256 g/mol. The van der Waals surface area contributed by atoms with E-state index in [0.29, 0.717) is 24.9 Å². The molecule has 1 aliphatic carbocycles. The van der Waals surface area contributed by atoms with Crippen LogP contribution in [0.1, 0.15) is 41.6 Å². The normalized spacial score (nSPS) is 27.0. The van der Waals surface area contributed by atoms with Gasteiger partial charge < -0.3 is 21.3 Å². The highest BCUT2D eigenvalue weighted by atomic mass is 16.3. The molecule has 5 nitrogen and oxygen atoms in total. The molecule has 1 aromatic carbocycles. The van der Waals surface area contributed by atoms with Crippen LogP contribution in [0.25, 0.3) is 0 Å². The van der Waals surface area contributed by atoms with Gasteiger partial charge in [-0.05, 0) is 43.4 Å². The van der Waals surface area contributed by atoms with Gasteiger partial charge in [0.2, 0.25) is 5.91 Å². The molecule has 0 aromatic heterocycles. The van der Waals surface area contributed by atoms with Gasteiger partial charge in [-0.1, -0.05) is 12.1 Å². The number of hydrogen-bond acceptors (Lipinski definition) is 4. The Bertz CT molecular complexity index is 452. The third-order valence-electron chi connectivity index (χ3n) is 3.87. The molecule has 0 radical (unpaired) electrons. The molecule has 2 rings (SSSR count). The molecule has 1 saturated carbocycles. The van der Waals surface area contributed by atoms with Crippen molar-refractivity contribution < 1.29 is 15.0 Å². The maximum absolute atomic E-state index is 11.1. The molecule has 0 bridgehead atoms. The van der Waals surface area contributed by atoms with Crippen molar-refractivity contribution in [2.24, 2.45) is 5.73 Å². The van der Waals surface area contributed by atoms with Gasteiger partial charge in [0.15, 0.2) is 0 Å². The van der Waals surface area contributed by atoms with Crippen molar-refractivity contribution in [2.45, 2.75) is 50.5 Å². The second-order valence-corrected chi connectivity index (χ2v) is 5.43. The number of nitrogens with one attached hydrogen (secondary N) is 1. The fraction of sp³-hybridized carbons (Fsp3) is 0.533.